The molecule has 0 saturated heterocycles. The largest absolute Gasteiger partial charge is 0.232 e. The summed E-state index contributed by atoms with van der Waals surface area (Å²) in [6.45, 7) is 0. The highest BCUT2D eigenvalue weighted by Crippen LogP contribution is 1.98. The van der Waals surface area contributed by atoms with Crippen LogP contribution >= 0.6 is 11.6 Å². The minimum absolute atomic E-state index is 0.179. The van der Waals surface area contributed by atoms with Crippen LogP contribution in [0.4, 0.5) is 0 Å². The number of alkyl halides is 1. The van der Waals surface area contributed by atoms with E-state index in [1.165, 1.54) is 0 Å². The summed E-state index contributed by atoms with van der Waals surface area (Å²) < 4.78 is 0. The predicted octanol–water partition coefficient (Wildman–Crippen LogP) is 1.60. The average Bonchev–Trinajstić information content (AvgIpc) is 2.15. The van der Waals surface area contributed by atoms with Crippen molar-refractivity contribution in [2.75, 3.05) is 5.88 Å². The molecule has 0 bridgehead atoms. The van der Waals surface area contributed by atoms with Gasteiger partial charge in [0.2, 0.25) is 5.82 Å². The molecule has 0 radical (unpaired) electrons. The maximum absolute atomic E-state index is 8.39. The van der Waals surface area contributed by atoms with Crippen LogP contribution < -0.4 is 0 Å². The molecule has 1 rings (SSSR count). The fourth-order valence-electron chi connectivity index (χ4n) is 0.662. The number of nitriles is 1. The van der Waals surface area contributed by atoms with Gasteiger partial charge in [0, 0.05) is 23.8 Å². The SMILES string of the molecule is N#Cc1ncc(C=CCCl)cn1. The normalized spacial score (nSPS) is 10.0. The smallest absolute Gasteiger partial charge is 0.227 e. The molecule has 1 aromatic heterocycles. The molecule has 0 aromatic carbocycles. The van der Waals surface area contributed by atoms with Gasteiger partial charge in [0.1, 0.15) is 6.07 Å². The quantitative estimate of drug-likeness (QED) is 0.648. The zero-order chi connectivity index (χ0) is 8.81. The summed E-state index contributed by atoms with van der Waals surface area (Å²) in [7, 11) is 0. The molecule has 4 heteroatoms. The van der Waals surface area contributed by atoms with Crippen molar-refractivity contribution in [1.29, 1.82) is 5.26 Å². The molecule has 3 nitrogen and oxygen atoms in total. The van der Waals surface area contributed by atoms with Crippen LogP contribution in [-0.2, 0) is 0 Å². The summed E-state index contributed by atoms with van der Waals surface area (Å²) in [5.41, 5.74) is 0.842. The van der Waals surface area contributed by atoms with Gasteiger partial charge in [-0.2, -0.15) is 5.26 Å². The first-order valence-electron chi connectivity index (χ1n) is 3.31. The molecule has 0 aliphatic rings. The molecular formula is C8H6ClN3. The Hall–Kier alpha value is -1.40. The van der Waals surface area contributed by atoms with Crippen molar-refractivity contribution in [3.63, 3.8) is 0 Å². The number of allylic oxidation sites excluding steroid dienone is 1. The first kappa shape index (κ1) is 8.69. The Labute approximate surface area is 75.3 Å². The van der Waals surface area contributed by atoms with Gasteiger partial charge in [0.05, 0.1) is 0 Å². The molecule has 12 heavy (non-hydrogen) atoms. The fourth-order valence-corrected chi connectivity index (χ4v) is 0.752. The highest BCUT2D eigenvalue weighted by Gasteiger charge is 1.91. The molecule has 0 N–H and O–H groups in total. The third kappa shape index (κ3) is 2.33. The summed E-state index contributed by atoms with van der Waals surface area (Å²) in [5, 5.41) is 8.39. The molecular weight excluding hydrogens is 174 g/mol. The van der Waals surface area contributed by atoms with Crippen LogP contribution in [-0.4, -0.2) is 15.8 Å². The van der Waals surface area contributed by atoms with Gasteiger partial charge in [-0.1, -0.05) is 12.2 Å². The molecule has 0 spiro atoms. The Morgan fingerprint density at radius 1 is 1.50 bits per heavy atom. The van der Waals surface area contributed by atoms with Crippen molar-refractivity contribution in [2.45, 2.75) is 0 Å². The maximum Gasteiger partial charge on any atom is 0.232 e. The van der Waals surface area contributed by atoms with Crippen LogP contribution in [0.2, 0.25) is 0 Å². The monoisotopic (exact) mass is 179 g/mol. The molecule has 0 fully saturated rings. The van der Waals surface area contributed by atoms with E-state index in [0.29, 0.717) is 5.88 Å². The molecule has 0 amide bonds. The lowest BCUT2D eigenvalue weighted by Gasteiger charge is -1.89. The van der Waals surface area contributed by atoms with Crippen molar-refractivity contribution in [2.24, 2.45) is 0 Å². The van der Waals surface area contributed by atoms with E-state index in [4.69, 9.17) is 16.9 Å². The van der Waals surface area contributed by atoms with E-state index in [9.17, 15) is 0 Å². The van der Waals surface area contributed by atoms with Crippen LogP contribution in [0.5, 0.6) is 0 Å². The van der Waals surface area contributed by atoms with Crippen molar-refractivity contribution < 1.29 is 0 Å². The van der Waals surface area contributed by atoms with Gasteiger partial charge >= 0.3 is 0 Å². The summed E-state index contributed by atoms with van der Waals surface area (Å²) >= 11 is 5.43. The minimum atomic E-state index is 0.179. The Bertz CT molecular complexity index is 310. The third-order valence-corrected chi connectivity index (χ3v) is 1.35. The molecule has 0 saturated carbocycles. The number of nitrogens with zero attached hydrogens (tertiary/aromatic N) is 3. The highest BCUT2D eigenvalue weighted by atomic mass is 35.5. The van der Waals surface area contributed by atoms with Crippen molar-refractivity contribution >= 4 is 17.7 Å². The van der Waals surface area contributed by atoms with E-state index in [2.05, 4.69) is 9.97 Å². The van der Waals surface area contributed by atoms with Crippen molar-refractivity contribution in [3.8, 4) is 6.07 Å². The second-order valence-corrected chi connectivity index (χ2v) is 2.32. The molecule has 0 unspecified atom stereocenters. The minimum Gasteiger partial charge on any atom is -0.227 e. The lowest BCUT2D eigenvalue weighted by atomic mass is 10.3. The van der Waals surface area contributed by atoms with Gasteiger partial charge in [0.25, 0.3) is 0 Å². The number of hydrogen-bond donors (Lipinski definition) is 0. The fraction of sp³-hybridized carbons (Fsp3) is 0.125. The first-order valence-corrected chi connectivity index (χ1v) is 3.85. The third-order valence-electron chi connectivity index (χ3n) is 1.17. The zero-order valence-electron chi connectivity index (χ0n) is 6.24. The van der Waals surface area contributed by atoms with E-state index in [1.54, 1.807) is 24.5 Å². The molecule has 0 aliphatic carbocycles. The lowest BCUT2D eigenvalue weighted by molar-refractivity contribution is 1.11. The summed E-state index contributed by atoms with van der Waals surface area (Å²) in [6.07, 6.45) is 6.74. The van der Waals surface area contributed by atoms with Crippen molar-refractivity contribution in [1.82, 2.24) is 9.97 Å². The van der Waals surface area contributed by atoms with Crippen molar-refractivity contribution in [3.05, 3.63) is 29.9 Å². The van der Waals surface area contributed by atoms with E-state index in [-0.39, 0.29) is 5.82 Å². The van der Waals surface area contributed by atoms with E-state index >= 15 is 0 Å². The van der Waals surface area contributed by atoms with Gasteiger partial charge in [-0.25, -0.2) is 9.97 Å². The van der Waals surface area contributed by atoms with Gasteiger partial charge in [-0.3, -0.25) is 0 Å². The highest BCUT2D eigenvalue weighted by molar-refractivity contribution is 6.19. The summed E-state index contributed by atoms with van der Waals surface area (Å²) in [4.78, 5) is 7.57. The van der Waals surface area contributed by atoms with Crippen LogP contribution in [0.15, 0.2) is 18.5 Å². The number of hydrogen-bond acceptors (Lipinski definition) is 3. The molecule has 0 aliphatic heterocycles. The van der Waals surface area contributed by atoms with Gasteiger partial charge in [-0.15, -0.1) is 11.6 Å². The standard InChI is InChI=1S/C8H6ClN3/c9-3-1-2-7-5-11-8(4-10)12-6-7/h1-2,5-6H,3H2. The topological polar surface area (TPSA) is 49.6 Å². The number of aromatic nitrogens is 2. The molecule has 60 valence electrons. The number of halogens is 1. The van der Waals surface area contributed by atoms with E-state index in [1.807, 2.05) is 6.07 Å². The Morgan fingerprint density at radius 2 is 2.17 bits per heavy atom. The zero-order valence-corrected chi connectivity index (χ0v) is 6.99. The van der Waals surface area contributed by atoms with E-state index < -0.39 is 0 Å². The molecule has 1 aromatic rings. The Morgan fingerprint density at radius 3 is 2.67 bits per heavy atom. The Kier molecular flexibility index (Phi) is 3.24. The molecule has 1 heterocycles. The summed E-state index contributed by atoms with van der Waals surface area (Å²) in [5.74, 6) is 0.637. The van der Waals surface area contributed by atoms with Crippen LogP contribution in [0, 0.1) is 11.3 Å². The number of rotatable bonds is 2. The molecule has 0 atom stereocenters. The van der Waals surface area contributed by atoms with E-state index in [0.717, 1.165) is 5.56 Å². The first-order chi connectivity index (χ1) is 5.86. The van der Waals surface area contributed by atoms with Crippen LogP contribution in [0.3, 0.4) is 0 Å². The van der Waals surface area contributed by atoms with Gasteiger partial charge in [0.15, 0.2) is 0 Å². The lowest BCUT2D eigenvalue weighted by Crippen LogP contribution is -1.87. The second kappa shape index (κ2) is 4.47. The maximum atomic E-state index is 8.39. The van der Waals surface area contributed by atoms with Gasteiger partial charge < -0.3 is 0 Å². The van der Waals surface area contributed by atoms with Gasteiger partial charge in [-0.05, 0) is 0 Å². The van der Waals surface area contributed by atoms with Crippen LogP contribution in [0.1, 0.15) is 11.4 Å². The summed E-state index contributed by atoms with van der Waals surface area (Å²) in [6, 6.07) is 1.84. The Balaban J connectivity index is 2.80. The predicted molar refractivity (Wildman–Crippen MR) is 46.5 cm³/mol. The van der Waals surface area contributed by atoms with Crippen LogP contribution in [0.25, 0.3) is 6.08 Å². The second-order valence-electron chi connectivity index (χ2n) is 2.01. The average molecular weight is 180 g/mol.